The number of piperidine rings is 1. The largest absolute Gasteiger partial charge is 0.366 e. The fourth-order valence-corrected chi connectivity index (χ4v) is 4.71. The molecule has 0 amide bonds. The monoisotopic (exact) mass is 486 g/mol. The maximum absolute atomic E-state index is 5.09. The topological polar surface area (TPSA) is 118 Å². The summed E-state index contributed by atoms with van der Waals surface area (Å²) < 4.78 is 1.62. The van der Waals surface area contributed by atoms with E-state index in [0.717, 1.165) is 41.8 Å². The molecule has 2 aliphatic rings. The highest BCUT2D eigenvalue weighted by Gasteiger charge is 2.34. The van der Waals surface area contributed by atoms with E-state index in [-0.39, 0.29) is 11.5 Å². The van der Waals surface area contributed by atoms with Crippen molar-refractivity contribution in [2.45, 2.75) is 52.0 Å². The fourth-order valence-electron chi connectivity index (χ4n) is 4.71. The van der Waals surface area contributed by atoms with Crippen LogP contribution in [0.4, 0.5) is 11.8 Å². The molecule has 188 valence electrons. The number of pyridine rings is 1. The maximum atomic E-state index is 5.09. The van der Waals surface area contributed by atoms with E-state index in [1.54, 1.807) is 11.0 Å². The summed E-state index contributed by atoms with van der Waals surface area (Å²) in [6.07, 6.45) is 12.7. The molecular formula is C26H34N10. The van der Waals surface area contributed by atoms with E-state index >= 15 is 0 Å². The zero-order valence-electron chi connectivity index (χ0n) is 21.4. The molecule has 0 bridgehead atoms. The highest BCUT2D eigenvalue weighted by atomic mass is 15.4. The lowest BCUT2D eigenvalue weighted by atomic mass is 9.80. The standard InChI is InChI=1S/C26H34N10/c1-6-16(11-21(27-4)33-25-30-15-36(5)35-25)23-31-19-13-29-12-18(17-7-8-17)22(19)24(34-23)32-20-9-10-28-14-26(20,2)3/h6,11-13,15,17,20,28H,4,7-10,14H2,1-3,5H3,(H,33,35)(H,31,32,34)/b16-6+,21-11+. The molecule has 10 heteroatoms. The number of rotatable bonds is 8. The van der Waals surface area contributed by atoms with E-state index < -0.39 is 0 Å². The molecular weight excluding hydrogens is 452 g/mol. The normalized spacial score (nSPS) is 20.4. The van der Waals surface area contributed by atoms with Gasteiger partial charge >= 0.3 is 0 Å². The molecule has 0 radical (unpaired) electrons. The Labute approximate surface area is 211 Å². The van der Waals surface area contributed by atoms with Gasteiger partial charge in [-0.2, -0.15) is 0 Å². The first-order valence-corrected chi connectivity index (χ1v) is 12.5. The fraction of sp³-hybridized carbons (Fsp3) is 0.462. The third-order valence-corrected chi connectivity index (χ3v) is 6.97. The molecule has 5 rings (SSSR count). The Morgan fingerprint density at radius 1 is 1.25 bits per heavy atom. The molecule has 36 heavy (non-hydrogen) atoms. The number of hydrogen-bond donors (Lipinski definition) is 3. The van der Waals surface area contributed by atoms with E-state index in [9.17, 15) is 0 Å². The average molecular weight is 487 g/mol. The van der Waals surface area contributed by atoms with Crippen LogP contribution in [0, 0.1) is 5.41 Å². The van der Waals surface area contributed by atoms with Crippen molar-refractivity contribution in [2.24, 2.45) is 17.5 Å². The molecule has 2 fully saturated rings. The van der Waals surface area contributed by atoms with Crippen molar-refractivity contribution < 1.29 is 0 Å². The van der Waals surface area contributed by atoms with Crippen molar-refractivity contribution in [3.8, 4) is 0 Å². The van der Waals surface area contributed by atoms with Crippen LogP contribution in [0.25, 0.3) is 16.5 Å². The lowest BCUT2D eigenvalue weighted by Gasteiger charge is -2.40. The number of nitrogens with zero attached hydrogens (tertiary/aromatic N) is 7. The van der Waals surface area contributed by atoms with Gasteiger partial charge in [-0.25, -0.2) is 19.9 Å². The number of allylic oxidation sites excluding steroid dienone is 3. The molecule has 4 heterocycles. The van der Waals surface area contributed by atoms with Crippen LogP contribution in [0.3, 0.4) is 0 Å². The van der Waals surface area contributed by atoms with Gasteiger partial charge in [0.05, 0.1) is 11.7 Å². The zero-order valence-corrected chi connectivity index (χ0v) is 21.4. The third-order valence-electron chi connectivity index (χ3n) is 6.97. The second-order valence-corrected chi connectivity index (χ2v) is 10.2. The van der Waals surface area contributed by atoms with Crippen molar-refractivity contribution in [3.63, 3.8) is 0 Å². The number of aromatic nitrogens is 6. The van der Waals surface area contributed by atoms with Crippen LogP contribution in [0.5, 0.6) is 0 Å². The first kappa shape index (κ1) is 24.1. The molecule has 1 saturated carbocycles. The van der Waals surface area contributed by atoms with Gasteiger partial charge in [-0.1, -0.05) is 19.9 Å². The summed E-state index contributed by atoms with van der Waals surface area (Å²) in [5.74, 6) is 2.96. The molecule has 10 nitrogen and oxygen atoms in total. The van der Waals surface area contributed by atoms with Crippen molar-refractivity contribution in [3.05, 3.63) is 48.1 Å². The third kappa shape index (κ3) is 4.99. The van der Waals surface area contributed by atoms with E-state index in [4.69, 9.17) is 9.97 Å². The Kier molecular flexibility index (Phi) is 6.53. The Morgan fingerprint density at radius 2 is 2.08 bits per heavy atom. The van der Waals surface area contributed by atoms with Gasteiger partial charge in [-0.15, -0.1) is 5.10 Å². The molecule has 3 N–H and O–H groups in total. The molecule has 1 aliphatic heterocycles. The first-order valence-electron chi connectivity index (χ1n) is 12.5. The number of aliphatic imine (C=N–C) groups is 1. The Balaban J connectivity index is 1.57. The highest BCUT2D eigenvalue weighted by molar-refractivity contribution is 5.93. The lowest BCUT2D eigenvalue weighted by Crippen LogP contribution is -2.49. The maximum Gasteiger partial charge on any atom is 0.247 e. The van der Waals surface area contributed by atoms with Gasteiger partial charge in [-0.3, -0.25) is 9.67 Å². The molecule has 1 unspecified atom stereocenters. The molecule has 0 spiro atoms. The minimum atomic E-state index is 0.0886. The van der Waals surface area contributed by atoms with Crippen molar-refractivity contribution in [1.82, 2.24) is 35.0 Å². The van der Waals surface area contributed by atoms with Gasteiger partial charge in [0.25, 0.3) is 0 Å². The number of aryl methyl sites for hydroxylation is 1. The number of anilines is 2. The lowest BCUT2D eigenvalue weighted by molar-refractivity contribution is 0.236. The van der Waals surface area contributed by atoms with Crippen LogP contribution in [0.15, 0.2) is 41.7 Å². The summed E-state index contributed by atoms with van der Waals surface area (Å²) in [5, 5.41) is 15.8. The Bertz CT molecular complexity index is 1330. The molecule has 1 saturated heterocycles. The second-order valence-electron chi connectivity index (χ2n) is 10.2. The first-order chi connectivity index (χ1) is 17.4. The van der Waals surface area contributed by atoms with Crippen LogP contribution < -0.4 is 16.0 Å². The molecule has 3 aromatic rings. The van der Waals surface area contributed by atoms with E-state index in [2.05, 4.69) is 56.6 Å². The summed E-state index contributed by atoms with van der Waals surface area (Å²) in [5.41, 5.74) is 2.99. The highest BCUT2D eigenvalue weighted by Crippen LogP contribution is 2.44. The van der Waals surface area contributed by atoms with Crippen LogP contribution in [-0.2, 0) is 7.05 Å². The average Bonchev–Trinajstić information content (AvgIpc) is 3.63. The summed E-state index contributed by atoms with van der Waals surface area (Å²) in [6, 6.07) is 0.289. The van der Waals surface area contributed by atoms with Gasteiger partial charge < -0.3 is 16.0 Å². The SMILES string of the molecule is C=N/C(=C\C(=C/C)c1nc(NC2CCNCC2(C)C)c2c(C3CC3)cncc2n1)Nc1ncn(C)n1. The Morgan fingerprint density at radius 3 is 2.75 bits per heavy atom. The Hall–Kier alpha value is -3.66. The van der Waals surface area contributed by atoms with Gasteiger partial charge in [0.2, 0.25) is 5.95 Å². The van der Waals surface area contributed by atoms with Crippen molar-refractivity contribution in [2.75, 3.05) is 23.7 Å². The van der Waals surface area contributed by atoms with Gasteiger partial charge in [-0.05, 0) is 62.4 Å². The van der Waals surface area contributed by atoms with Crippen molar-refractivity contribution >= 4 is 35.0 Å². The molecule has 1 atom stereocenters. The predicted molar refractivity (Wildman–Crippen MR) is 144 cm³/mol. The molecule has 3 aromatic heterocycles. The van der Waals surface area contributed by atoms with Gasteiger partial charge in [0, 0.05) is 36.8 Å². The zero-order chi connectivity index (χ0) is 25.3. The van der Waals surface area contributed by atoms with Crippen molar-refractivity contribution in [1.29, 1.82) is 0 Å². The number of hydrogen-bond acceptors (Lipinski definition) is 9. The van der Waals surface area contributed by atoms with Gasteiger partial charge in [0.15, 0.2) is 5.82 Å². The quantitative estimate of drug-likeness (QED) is 0.324. The summed E-state index contributed by atoms with van der Waals surface area (Å²) in [6.45, 7) is 12.2. The van der Waals surface area contributed by atoms with Crippen LogP contribution in [0.1, 0.15) is 57.3 Å². The predicted octanol–water partition coefficient (Wildman–Crippen LogP) is 3.89. The van der Waals surface area contributed by atoms with E-state index in [1.807, 2.05) is 38.5 Å². The molecule has 0 aromatic carbocycles. The van der Waals surface area contributed by atoms with E-state index in [1.165, 1.54) is 18.4 Å². The summed E-state index contributed by atoms with van der Waals surface area (Å²) in [7, 11) is 1.81. The van der Waals surface area contributed by atoms with Crippen LogP contribution >= 0.6 is 0 Å². The number of nitrogens with one attached hydrogen (secondary N) is 3. The van der Waals surface area contributed by atoms with Gasteiger partial charge in [0.1, 0.15) is 18.0 Å². The second kappa shape index (κ2) is 9.77. The van der Waals surface area contributed by atoms with E-state index in [0.29, 0.717) is 23.5 Å². The summed E-state index contributed by atoms with van der Waals surface area (Å²) >= 11 is 0. The minimum Gasteiger partial charge on any atom is -0.366 e. The minimum absolute atomic E-state index is 0.0886. The number of fused-ring (bicyclic) bond motifs is 1. The van der Waals surface area contributed by atoms with Crippen LogP contribution in [-0.4, -0.2) is 55.6 Å². The molecule has 1 aliphatic carbocycles. The summed E-state index contributed by atoms with van der Waals surface area (Å²) in [4.78, 5) is 22.9. The smallest absolute Gasteiger partial charge is 0.247 e. The van der Waals surface area contributed by atoms with Crippen LogP contribution in [0.2, 0.25) is 0 Å².